The maximum absolute atomic E-state index is 10.8. The van der Waals surface area contributed by atoms with Gasteiger partial charge in [-0.25, -0.2) is 0 Å². The highest BCUT2D eigenvalue weighted by Crippen LogP contribution is 2.71. The Morgan fingerprint density at radius 2 is 1.13 bits per heavy atom. The summed E-state index contributed by atoms with van der Waals surface area (Å²) in [6, 6.07) is 0. The Morgan fingerprint density at radius 1 is 0.867 bits per heavy atom. The van der Waals surface area contributed by atoms with E-state index in [1.54, 1.807) is 0 Å². The topological polar surface area (TPSA) is 173 Å². The molecule has 92 valence electrons. The van der Waals surface area contributed by atoms with Gasteiger partial charge in [-0.1, -0.05) is 0 Å². The number of hydrogen-bond acceptors (Lipinski definition) is 3. The molecule has 9 nitrogen and oxygen atoms in total. The number of hydrogen-bond donors (Lipinski definition) is 6. The minimum Gasteiger partial charge on any atom is -0.324 e. The van der Waals surface area contributed by atoms with E-state index in [0.717, 1.165) is 0 Å². The van der Waals surface area contributed by atoms with Crippen molar-refractivity contribution in [1.82, 2.24) is 0 Å². The standard InChI is InChI=1S/C3H11O9P3/c1-3(14(7,8)9,15(10,11)12)2-13(4,5)6/h2H2,1H3,(H2,4,5,6)(H2,7,8,9)(H2,10,11,12). The Balaban J connectivity index is 5.57. The minimum absolute atomic E-state index is 0.438. The van der Waals surface area contributed by atoms with Crippen LogP contribution in [0.3, 0.4) is 0 Å². The van der Waals surface area contributed by atoms with Crippen LogP contribution in [-0.4, -0.2) is 40.4 Å². The van der Waals surface area contributed by atoms with Crippen LogP contribution in [0.25, 0.3) is 0 Å². The zero-order valence-corrected chi connectivity index (χ0v) is 10.1. The van der Waals surface area contributed by atoms with Gasteiger partial charge in [0.25, 0.3) is 0 Å². The van der Waals surface area contributed by atoms with Crippen molar-refractivity contribution in [3.05, 3.63) is 0 Å². The molecule has 0 atom stereocenters. The van der Waals surface area contributed by atoms with E-state index in [-0.39, 0.29) is 0 Å². The molecule has 0 unspecified atom stereocenters. The molecular formula is C3H11O9P3. The van der Waals surface area contributed by atoms with Gasteiger partial charge in [0.05, 0.1) is 6.16 Å². The molecule has 0 aromatic rings. The predicted octanol–water partition coefficient (Wildman–Crippen LogP) is -0.764. The van der Waals surface area contributed by atoms with E-state index in [2.05, 4.69) is 0 Å². The second kappa shape index (κ2) is 4.04. The quantitative estimate of drug-likeness (QED) is 0.362. The molecule has 0 rings (SSSR count). The molecule has 0 saturated carbocycles. The van der Waals surface area contributed by atoms with Crippen molar-refractivity contribution >= 4 is 22.8 Å². The maximum atomic E-state index is 10.8. The summed E-state index contributed by atoms with van der Waals surface area (Å²) in [5.74, 6) is 0. The van der Waals surface area contributed by atoms with E-state index >= 15 is 0 Å². The summed E-state index contributed by atoms with van der Waals surface area (Å²) in [6.07, 6.45) is -1.59. The van der Waals surface area contributed by atoms with Gasteiger partial charge in [0.1, 0.15) is 0 Å². The van der Waals surface area contributed by atoms with Gasteiger partial charge < -0.3 is 29.4 Å². The van der Waals surface area contributed by atoms with E-state index in [9.17, 15) is 13.7 Å². The summed E-state index contributed by atoms with van der Waals surface area (Å²) in [4.78, 5) is 48.8. The van der Waals surface area contributed by atoms with Crippen molar-refractivity contribution in [3.8, 4) is 0 Å². The largest absolute Gasteiger partial charge is 0.344 e. The highest BCUT2D eigenvalue weighted by Gasteiger charge is 2.59. The van der Waals surface area contributed by atoms with Gasteiger partial charge in [0.15, 0.2) is 4.90 Å². The first-order chi connectivity index (χ1) is 6.21. The Kier molecular flexibility index (Phi) is 4.16. The summed E-state index contributed by atoms with van der Waals surface area (Å²) >= 11 is 0. The molecule has 0 saturated heterocycles. The van der Waals surface area contributed by atoms with Gasteiger partial charge in [0, 0.05) is 0 Å². The summed E-state index contributed by atoms with van der Waals surface area (Å²) in [5, 5.41) is 0. The lowest BCUT2D eigenvalue weighted by atomic mass is 10.5. The van der Waals surface area contributed by atoms with Gasteiger partial charge in [-0.2, -0.15) is 0 Å². The van der Waals surface area contributed by atoms with Gasteiger partial charge in [0.2, 0.25) is 0 Å². The molecule has 0 aliphatic heterocycles. The normalized spacial score (nSPS) is 15.4. The van der Waals surface area contributed by atoms with Crippen LogP contribution in [0.1, 0.15) is 6.92 Å². The molecular weight excluding hydrogens is 273 g/mol. The van der Waals surface area contributed by atoms with Crippen LogP contribution < -0.4 is 0 Å². The first kappa shape index (κ1) is 15.4. The summed E-state index contributed by atoms with van der Waals surface area (Å²) < 4.78 is 32.2. The average Bonchev–Trinajstić information content (AvgIpc) is 1.77. The molecule has 12 heteroatoms. The van der Waals surface area contributed by atoms with Crippen molar-refractivity contribution in [2.45, 2.75) is 11.8 Å². The second-order valence-corrected chi connectivity index (χ2v) is 9.28. The first-order valence-electron chi connectivity index (χ1n) is 3.36. The van der Waals surface area contributed by atoms with Crippen LogP contribution in [0.15, 0.2) is 0 Å². The van der Waals surface area contributed by atoms with E-state index < -0.39 is 33.8 Å². The molecule has 0 aromatic heterocycles. The molecule has 0 heterocycles. The highest BCUT2D eigenvalue weighted by molar-refractivity contribution is 7.73. The van der Waals surface area contributed by atoms with E-state index in [0.29, 0.717) is 6.92 Å². The van der Waals surface area contributed by atoms with Crippen molar-refractivity contribution in [2.75, 3.05) is 6.16 Å². The molecule has 0 fully saturated rings. The fourth-order valence-electron chi connectivity index (χ4n) is 0.744. The van der Waals surface area contributed by atoms with Gasteiger partial charge in [-0.3, -0.25) is 13.7 Å². The van der Waals surface area contributed by atoms with Gasteiger partial charge in [-0.15, -0.1) is 0 Å². The third-order valence-electron chi connectivity index (χ3n) is 1.76. The molecule has 6 N–H and O–H groups in total. The van der Waals surface area contributed by atoms with Crippen molar-refractivity contribution in [1.29, 1.82) is 0 Å². The number of rotatable bonds is 4. The zero-order valence-electron chi connectivity index (χ0n) is 7.46. The fourth-order valence-corrected chi connectivity index (χ4v) is 5.46. The molecule has 0 aliphatic rings. The van der Waals surface area contributed by atoms with Crippen molar-refractivity contribution < 1.29 is 43.1 Å². The highest BCUT2D eigenvalue weighted by atomic mass is 31.2. The molecule has 0 amide bonds. The van der Waals surface area contributed by atoms with Crippen LogP contribution in [0, 0.1) is 0 Å². The minimum atomic E-state index is -5.36. The van der Waals surface area contributed by atoms with Crippen LogP contribution >= 0.6 is 22.8 Å². The van der Waals surface area contributed by atoms with Crippen LogP contribution in [0.2, 0.25) is 0 Å². The van der Waals surface area contributed by atoms with Crippen molar-refractivity contribution in [3.63, 3.8) is 0 Å². The summed E-state index contributed by atoms with van der Waals surface area (Å²) in [7, 11) is -15.7. The summed E-state index contributed by atoms with van der Waals surface area (Å²) in [5.41, 5.74) is 0. The van der Waals surface area contributed by atoms with Gasteiger partial charge in [-0.05, 0) is 6.92 Å². The molecule has 0 bridgehead atoms. The lowest BCUT2D eigenvalue weighted by Gasteiger charge is -2.30. The van der Waals surface area contributed by atoms with Crippen molar-refractivity contribution in [2.24, 2.45) is 0 Å². The smallest absolute Gasteiger partial charge is 0.324 e. The Morgan fingerprint density at radius 3 is 1.20 bits per heavy atom. The van der Waals surface area contributed by atoms with E-state index in [4.69, 9.17) is 29.4 Å². The zero-order chi connectivity index (χ0) is 12.7. The summed E-state index contributed by atoms with van der Waals surface area (Å²) in [6.45, 7) is 0.438. The van der Waals surface area contributed by atoms with Crippen LogP contribution in [0.4, 0.5) is 0 Å². The van der Waals surface area contributed by atoms with E-state index in [1.165, 1.54) is 0 Å². The fraction of sp³-hybridized carbons (Fsp3) is 1.00. The third kappa shape index (κ3) is 3.75. The first-order valence-corrected chi connectivity index (χ1v) is 8.39. The monoisotopic (exact) mass is 284 g/mol. The third-order valence-corrected chi connectivity index (χ3v) is 7.69. The predicted molar refractivity (Wildman–Crippen MR) is 49.4 cm³/mol. The lowest BCUT2D eigenvalue weighted by molar-refractivity contribution is 0.308. The molecule has 0 aromatic carbocycles. The lowest BCUT2D eigenvalue weighted by Crippen LogP contribution is -2.29. The Bertz CT molecular complexity index is 346. The second-order valence-electron chi connectivity index (χ2n) is 3.13. The van der Waals surface area contributed by atoms with Crippen LogP contribution in [0.5, 0.6) is 0 Å². The van der Waals surface area contributed by atoms with Crippen LogP contribution in [-0.2, 0) is 13.7 Å². The molecule has 0 spiro atoms. The maximum Gasteiger partial charge on any atom is 0.344 e. The Hall–Kier alpha value is 0.450. The average molecular weight is 284 g/mol. The van der Waals surface area contributed by atoms with Gasteiger partial charge >= 0.3 is 22.8 Å². The molecule has 0 aliphatic carbocycles. The molecule has 0 radical (unpaired) electrons. The molecule has 15 heavy (non-hydrogen) atoms. The Labute approximate surface area is 84.6 Å². The SMILES string of the molecule is CC(CP(=O)(O)O)(P(=O)(O)O)P(=O)(O)O. The van der Waals surface area contributed by atoms with E-state index in [1.807, 2.05) is 0 Å².